The average molecular weight is 363 g/mol. The van der Waals surface area contributed by atoms with E-state index < -0.39 is 0 Å². The first-order chi connectivity index (χ1) is 13.2. The Morgan fingerprint density at radius 3 is 2.59 bits per heavy atom. The molecular weight excluding hydrogens is 337 g/mol. The van der Waals surface area contributed by atoms with E-state index in [2.05, 4.69) is 46.1 Å². The van der Waals surface area contributed by atoms with Gasteiger partial charge in [-0.2, -0.15) is 0 Å². The molecule has 2 heterocycles. The Bertz CT molecular complexity index is 903. The summed E-state index contributed by atoms with van der Waals surface area (Å²) in [4.78, 5) is 9.39. The van der Waals surface area contributed by atoms with Crippen LogP contribution in [-0.4, -0.2) is 54.6 Å². The second-order valence-electron chi connectivity index (χ2n) is 7.50. The first kappa shape index (κ1) is 18.1. The number of likely N-dealkylation sites (N-methyl/N-ethyl adjacent to an activating group) is 1. The van der Waals surface area contributed by atoms with Crippen LogP contribution in [0.2, 0.25) is 0 Å². The van der Waals surface area contributed by atoms with Crippen LogP contribution in [0.3, 0.4) is 0 Å². The maximum atomic E-state index is 13.9. The zero-order valence-electron chi connectivity index (χ0n) is 15.8. The molecule has 0 bridgehead atoms. The van der Waals surface area contributed by atoms with Crippen molar-refractivity contribution in [1.29, 1.82) is 0 Å². The van der Waals surface area contributed by atoms with Crippen molar-refractivity contribution in [1.82, 2.24) is 14.8 Å². The standard InChI is InChI=1S/C23H26FN3/c1-26-12-14-27(15-13-26)11-9-22(19-4-2-6-21(24)16-19)20-8-7-18-5-3-10-25-23(18)17-20/h2-8,10,16-17,22H,9,11-15H2,1H3. The second-order valence-corrected chi connectivity index (χ2v) is 7.50. The molecule has 4 heteroatoms. The Labute approximate surface area is 160 Å². The molecule has 27 heavy (non-hydrogen) atoms. The molecule has 0 saturated carbocycles. The normalized spacial score (nSPS) is 17.3. The molecule has 3 aromatic rings. The number of nitrogens with zero attached hydrogens (tertiary/aromatic N) is 3. The summed E-state index contributed by atoms with van der Waals surface area (Å²) in [6.45, 7) is 5.46. The Hall–Kier alpha value is -2.30. The van der Waals surface area contributed by atoms with Crippen LogP contribution in [0.5, 0.6) is 0 Å². The number of rotatable bonds is 5. The smallest absolute Gasteiger partial charge is 0.123 e. The fraction of sp³-hybridized carbons (Fsp3) is 0.348. The third-order valence-corrected chi connectivity index (χ3v) is 5.61. The van der Waals surface area contributed by atoms with Gasteiger partial charge in [-0.1, -0.05) is 30.3 Å². The molecule has 4 rings (SSSR count). The lowest BCUT2D eigenvalue weighted by atomic mass is 9.87. The molecule has 3 nitrogen and oxygen atoms in total. The summed E-state index contributed by atoms with van der Waals surface area (Å²) < 4.78 is 13.9. The summed E-state index contributed by atoms with van der Waals surface area (Å²) in [7, 11) is 2.18. The van der Waals surface area contributed by atoms with Crippen LogP contribution < -0.4 is 0 Å². The van der Waals surface area contributed by atoms with E-state index in [1.807, 2.05) is 24.4 Å². The van der Waals surface area contributed by atoms with Gasteiger partial charge < -0.3 is 9.80 Å². The van der Waals surface area contributed by atoms with Gasteiger partial charge in [-0.05, 0) is 55.4 Å². The minimum atomic E-state index is -0.170. The summed E-state index contributed by atoms with van der Waals surface area (Å²) in [6, 6.07) is 17.5. The molecule has 0 aliphatic carbocycles. The van der Waals surface area contributed by atoms with Crippen molar-refractivity contribution in [3.05, 3.63) is 77.7 Å². The van der Waals surface area contributed by atoms with Crippen molar-refractivity contribution in [3.8, 4) is 0 Å². The van der Waals surface area contributed by atoms with E-state index in [4.69, 9.17) is 0 Å². The Balaban J connectivity index is 1.60. The number of pyridine rings is 1. The molecule has 0 spiro atoms. The molecule has 140 valence electrons. The van der Waals surface area contributed by atoms with Crippen LogP contribution in [0.15, 0.2) is 60.8 Å². The van der Waals surface area contributed by atoms with Gasteiger partial charge in [-0.15, -0.1) is 0 Å². The molecule has 1 fully saturated rings. The lowest BCUT2D eigenvalue weighted by Gasteiger charge is -2.33. The summed E-state index contributed by atoms with van der Waals surface area (Å²) in [6.07, 6.45) is 2.80. The van der Waals surface area contributed by atoms with Gasteiger partial charge in [0.05, 0.1) is 5.52 Å². The molecule has 0 amide bonds. The van der Waals surface area contributed by atoms with Gasteiger partial charge >= 0.3 is 0 Å². The van der Waals surface area contributed by atoms with E-state index in [1.54, 1.807) is 6.07 Å². The largest absolute Gasteiger partial charge is 0.304 e. The summed E-state index contributed by atoms with van der Waals surface area (Å²) >= 11 is 0. The van der Waals surface area contributed by atoms with E-state index in [0.717, 1.165) is 55.6 Å². The van der Waals surface area contributed by atoms with Gasteiger partial charge in [0, 0.05) is 43.7 Å². The quantitative estimate of drug-likeness (QED) is 0.679. The van der Waals surface area contributed by atoms with Gasteiger partial charge in [-0.3, -0.25) is 4.98 Å². The molecule has 1 aromatic heterocycles. The highest BCUT2D eigenvalue weighted by atomic mass is 19.1. The highest BCUT2D eigenvalue weighted by Crippen LogP contribution is 2.30. The Morgan fingerprint density at radius 1 is 0.963 bits per heavy atom. The monoisotopic (exact) mass is 363 g/mol. The number of piperazine rings is 1. The fourth-order valence-corrected chi connectivity index (χ4v) is 3.93. The van der Waals surface area contributed by atoms with Crippen LogP contribution in [0.25, 0.3) is 10.9 Å². The van der Waals surface area contributed by atoms with E-state index in [-0.39, 0.29) is 11.7 Å². The van der Waals surface area contributed by atoms with Crippen LogP contribution >= 0.6 is 0 Å². The predicted molar refractivity (Wildman–Crippen MR) is 109 cm³/mol. The van der Waals surface area contributed by atoms with E-state index in [0.29, 0.717) is 0 Å². The molecule has 2 aromatic carbocycles. The topological polar surface area (TPSA) is 19.4 Å². The maximum Gasteiger partial charge on any atom is 0.123 e. The van der Waals surface area contributed by atoms with Gasteiger partial charge in [-0.25, -0.2) is 4.39 Å². The predicted octanol–water partition coefficient (Wildman–Crippen LogP) is 4.14. The second kappa shape index (κ2) is 8.15. The maximum absolute atomic E-state index is 13.9. The zero-order valence-corrected chi connectivity index (χ0v) is 15.8. The fourth-order valence-electron chi connectivity index (χ4n) is 3.93. The van der Waals surface area contributed by atoms with Gasteiger partial charge in [0.25, 0.3) is 0 Å². The zero-order chi connectivity index (χ0) is 18.6. The van der Waals surface area contributed by atoms with Crippen molar-refractivity contribution < 1.29 is 4.39 Å². The lowest BCUT2D eigenvalue weighted by molar-refractivity contribution is 0.151. The van der Waals surface area contributed by atoms with Crippen LogP contribution in [0, 0.1) is 5.82 Å². The number of aromatic nitrogens is 1. The minimum absolute atomic E-state index is 0.170. The van der Waals surface area contributed by atoms with Crippen molar-refractivity contribution in [2.24, 2.45) is 0 Å². The van der Waals surface area contributed by atoms with Gasteiger partial charge in [0.1, 0.15) is 5.82 Å². The molecule has 1 aliphatic rings. The third-order valence-electron chi connectivity index (χ3n) is 5.61. The molecule has 1 atom stereocenters. The van der Waals surface area contributed by atoms with Gasteiger partial charge in [0.15, 0.2) is 0 Å². The molecule has 1 aliphatic heterocycles. The number of halogens is 1. The van der Waals surface area contributed by atoms with Crippen molar-refractivity contribution in [2.75, 3.05) is 39.8 Å². The number of hydrogen-bond acceptors (Lipinski definition) is 3. The van der Waals surface area contributed by atoms with Crippen molar-refractivity contribution in [3.63, 3.8) is 0 Å². The van der Waals surface area contributed by atoms with Crippen LogP contribution in [0.4, 0.5) is 4.39 Å². The van der Waals surface area contributed by atoms with Gasteiger partial charge in [0.2, 0.25) is 0 Å². The number of benzene rings is 2. The first-order valence-electron chi connectivity index (χ1n) is 9.70. The van der Waals surface area contributed by atoms with Crippen LogP contribution in [0.1, 0.15) is 23.5 Å². The summed E-state index contributed by atoms with van der Waals surface area (Å²) in [5.74, 6) is 0.00257. The van der Waals surface area contributed by atoms with E-state index in [9.17, 15) is 4.39 Å². The van der Waals surface area contributed by atoms with E-state index >= 15 is 0 Å². The molecule has 1 unspecified atom stereocenters. The lowest BCUT2D eigenvalue weighted by Crippen LogP contribution is -2.44. The third kappa shape index (κ3) is 4.34. The molecule has 0 radical (unpaired) electrons. The first-order valence-corrected chi connectivity index (χ1v) is 9.70. The van der Waals surface area contributed by atoms with Crippen molar-refractivity contribution in [2.45, 2.75) is 12.3 Å². The molecular formula is C23H26FN3. The average Bonchev–Trinajstić information content (AvgIpc) is 2.69. The highest BCUT2D eigenvalue weighted by molar-refractivity contribution is 5.79. The molecule has 0 N–H and O–H groups in total. The molecule has 1 saturated heterocycles. The number of hydrogen-bond donors (Lipinski definition) is 0. The van der Waals surface area contributed by atoms with Crippen molar-refractivity contribution >= 4 is 10.9 Å². The van der Waals surface area contributed by atoms with Crippen LogP contribution in [-0.2, 0) is 0 Å². The number of fused-ring (bicyclic) bond motifs is 1. The Kier molecular flexibility index (Phi) is 5.46. The minimum Gasteiger partial charge on any atom is -0.304 e. The summed E-state index contributed by atoms with van der Waals surface area (Å²) in [5.41, 5.74) is 3.25. The SMILES string of the molecule is CN1CCN(CCC(c2cccc(F)c2)c2ccc3cccnc3c2)CC1. The van der Waals surface area contributed by atoms with E-state index in [1.165, 1.54) is 11.6 Å². The highest BCUT2D eigenvalue weighted by Gasteiger charge is 2.19. The summed E-state index contributed by atoms with van der Waals surface area (Å²) in [5, 5.41) is 1.14. The Morgan fingerprint density at radius 2 is 1.78 bits per heavy atom.